The number of hydrogen-bond donors (Lipinski definition) is 2. The average molecular weight is 392 g/mol. The van der Waals surface area contributed by atoms with Crippen LogP contribution in [0.3, 0.4) is 0 Å². The number of phenols is 1. The summed E-state index contributed by atoms with van der Waals surface area (Å²) in [6.07, 6.45) is 4.49. The third-order valence-electron chi connectivity index (χ3n) is 4.73. The fourth-order valence-corrected chi connectivity index (χ4v) is 3.12. The van der Waals surface area contributed by atoms with E-state index in [2.05, 4.69) is 10.3 Å². The molecule has 0 aliphatic carbocycles. The number of imidazole rings is 1. The summed E-state index contributed by atoms with van der Waals surface area (Å²) in [5.74, 6) is -0.649. The first-order valence-electron chi connectivity index (χ1n) is 9.18. The van der Waals surface area contributed by atoms with Crippen molar-refractivity contribution in [1.82, 2.24) is 14.9 Å². The van der Waals surface area contributed by atoms with Gasteiger partial charge in [0.05, 0.1) is 17.9 Å². The van der Waals surface area contributed by atoms with Gasteiger partial charge in [-0.1, -0.05) is 18.2 Å². The Labute approximate surface area is 168 Å². The van der Waals surface area contributed by atoms with Gasteiger partial charge >= 0.3 is 0 Å². The Morgan fingerprint density at radius 2 is 2.17 bits per heavy atom. The monoisotopic (exact) mass is 392 g/mol. The van der Waals surface area contributed by atoms with Gasteiger partial charge in [0, 0.05) is 31.8 Å². The Kier molecular flexibility index (Phi) is 6.25. The standard InChI is InChI=1S/C22H21FN4O2/c1-27-14-25-13-18(27)11-21(16-6-7-17(12-24)20(23)10-16)26-22(29)8-5-15-3-2-4-19(28)9-15/h2-4,6-7,9-10,13-14,21,28H,5,8,11H2,1H3,(H,26,29). The van der Waals surface area contributed by atoms with Crippen LogP contribution in [-0.4, -0.2) is 20.6 Å². The number of nitrogens with zero attached hydrogens (tertiary/aromatic N) is 3. The summed E-state index contributed by atoms with van der Waals surface area (Å²) in [7, 11) is 1.85. The SMILES string of the molecule is Cn1cncc1CC(NC(=O)CCc1cccc(O)c1)c1ccc(C#N)c(F)c1. The molecule has 6 nitrogen and oxygen atoms in total. The molecule has 0 aliphatic heterocycles. The average Bonchev–Trinajstić information content (AvgIpc) is 3.10. The predicted octanol–water partition coefficient (Wildman–Crippen LogP) is 3.17. The molecule has 29 heavy (non-hydrogen) atoms. The van der Waals surface area contributed by atoms with E-state index in [9.17, 15) is 14.3 Å². The minimum Gasteiger partial charge on any atom is -0.508 e. The maximum atomic E-state index is 14.1. The van der Waals surface area contributed by atoms with Crippen molar-refractivity contribution in [2.45, 2.75) is 25.3 Å². The fraction of sp³-hybridized carbons (Fsp3) is 0.227. The third-order valence-corrected chi connectivity index (χ3v) is 4.73. The number of amides is 1. The lowest BCUT2D eigenvalue weighted by Crippen LogP contribution is -2.30. The van der Waals surface area contributed by atoms with Gasteiger partial charge in [-0.25, -0.2) is 9.37 Å². The molecule has 0 radical (unpaired) electrons. The Bertz CT molecular complexity index is 1050. The molecular formula is C22H21FN4O2. The highest BCUT2D eigenvalue weighted by atomic mass is 19.1. The highest BCUT2D eigenvalue weighted by Crippen LogP contribution is 2.21. The van der Waals surface area contributed by atoms with Crippen LogP contribution in [0.1, 0.15) is 34.8 Å². The van der Waals surface area contributed by atoms with Crippen LogP contribution in [0.25, 0.3) is 0 Å². The number of aromatic hydroxyl groups is 1. The number of rotatable bonds is 7. The van der Waals surface area contributed by atoms with Crippen LogP contribution in [0.2, 0.25) is 0 Å². The molecule has 0 spiro atoms. The molecule has 3 aromatic rings. The molecule has 0 saturated carbocycles. The first-order chi connectivity index (χ1) is 14.0. The molecule has 2 N–H and O–H groups in total. The Morgan fingerprint density at radius 1 is 1.34 bits per heavy atom. The molecule has 0 fully saturated rings. The predicted molar refractivity (Wildman–Crippen MR) is 105 cm³/mol. The van der Waals surface area contributed by atoms with Crippen molar-refractivity contribution in [2.24, 2.45) is 7.05 Å². The number of carbonyl (C=O) groups is 1. The zero-order valence-electron chi connectivity index (χ0n) is 16.0. The molecule has 0 saturated heterocycles. The maximum absolute atomic E-state index is 14.1. The van der Waals surface area contributed by atoms with Gasteiger partial charge in [-0.05, 0) is 41.8 Å². The van der Waals surface area contributed by atoms with Gasteiger partial charge in [-0.3, -0.25) is 4.79 Å². The molecule has 7 heteroatoms. The summed E-state index contributed by atoms with van der Waals surface area (Å²) < 4.78 is 16.0. The largest absolute Gasteiger partial charge is 0.508 e. The van der Waals surface area contributed by atoms with Crippen molar-refractivity contribution >= 4 is 5.91 Å². The summed E-state index contributed by atoms with van der Waals surface area (Å²) in [6, 6.07) is 12.5. The van der Waals surface area contributed by atoms with Gasteiger partial charge in [0.15, 0.2) is 0 Å². The summed E-state index contributed by atoms with van der Waals surface area (Å²) in [5, 5.41) is 21.4. The first kappa shape index (κ1) is 20.1. The highest BCUT2D eigenvalue weighted by molar-refractivity contribution is 5.76. The number of aromatic nitrogens is 2. The fourth-order valence-electron chi connectivity index (χ4n) is 3.12. The molecule has 1 aromatic heterocycles. The number of aryl methyl sites for hydroxylation is 2. The van der Waals surface area contributed by atoms with Gasteiger partial charge in [0.1, 0.15) is 17.6 Å². The lowest BCUT2D eigenvalue weighted by Gasteiger charge is -2.20. The minimum atomic E-state index is -0.617. The highest BCUT2D eigenvalue weighted by Gasteiger charge is 2.18. The van der Waals surface area contributed by atoms with Crippen LogP contribution in [0.4, 0.5) is 4.39 Å². The number of nitriles is 1. The van der Waals surface area contributed by atoms with E-state index in [1.165, 1.54) is 12.1 Å². The van der Waals surface area contributed by atoms with Crippen LogP contribution in [-0.2, 0) is 24.7 Å². The molecule has 1 heterocycles. The lowest BCUT2D eigenvalue weighted by molar-refractivity contribution is -0.121. The second kappa shape index (κ2) is 9.02. The van der Waals surface area contributed by atoms with Crippen molar-refractivity contribution in [2.75, 3.05) is 0 Å². The number of hydrogen-bond acceptors (Lipinski definition) is 4. The summed E-state index contributed by atoms with van der Waals surface area (Å²) in [5.41, 5.74) is 2.28. The molecule has 148 valence electrons. The summed E-state index contributed by atoms with van der Waals surface area (Å²) >= 11 is 0. The zero-order chi connectivity index (χ0) is 20.8. The Balaban J connectivity index is 1.75. The van der Waals surface area contributed by atoms with E-state index in [0.717, 1.165) is 11.3 Å². The van der Waals surface area contributed by atoms with Crippen LogP contribution in [0.15, 0.2) is 55.0 Å². The van der Waals surface area contributed by atoms with E-state index < -0.39 is 11.9 Å². The second-order valence-electron chi connectivity index (χ2n) is 6.84. The summed E-state index contributed by atoms with van der Waals surface area (Å²) in [4.78, 5) is 16.7. The van der Waals surface area contributed by atoms with E-state index in [1.54, 1.807) is 42.9 Å². The van der Waals surface area contributed by atoms with E-state index >= 15 is 0 Å². The van der Waals surface area contributed by atoms with Gasteiger partial charge in [0.25, 0.3) is 0 Å². The molecule has 2 aromatic carbocycles. The number of halogens is 1. The lowest BCUT2D eigenvalue weighted by atomic mass is 9.99. The second-order valence-corrected chi connectivity index (χ2v) is 6.84. The topological polar surface area (TPSA) is 90.9 Å². The van der Waals surface area contributed by atoms with Crippen molar-refractivity contribution in [3.63, 3.8) is 0 Å². The number of phenolic OH excluding ortho intramolecular Hbond substituents is 1. The van der Waals surface area contributed by atoms with Crippen LogP contribution < -0.4 is 5.32 Å². The molecule has 0 bridgehead atoms. The summed E-state index contributed by atoms with van der Waals surface area (Å²) in [6.45, 7) is 0. The Hall–Kier alpha value is -3.66. The third kappa shape index (κ3) is 5.20. The van der Waals surface area contributed by atoms with Crippen LogP contribution >= 0.6 is 0 Å². The van der Waals surface area contributed by atoms with Crippen LogP contribution in [0, 0.1) is 17.1 Å². The molecule has 1 atom stereocenters. The van der Waals surface area contributed by atoms with Gasteiger partial charge in [-0.15, -0.1) is 0 Å². The smallest absolute Gasteiger partial charge is 0.220 e. The van der Waals surface area contributed by atoms with Gasteiger partial charge in [0.2, 0.25) is 5.91 Å². The first-order valence-corrected chi connectivity index (χ1v) is 9.18. The van der Waals surface area contributed by atoms with E-state index in [0.29, 0.717) is 18.4 Å². The van der Waals surface area contributed by atoms with Crippen molar-refractivity contribution in [3.05, 3.63) is 83.2 Å². The van der Waals surface area contributed by atoms with Crippen molar-refractivity contribution < 1.29 is 14.3 Å². The van der Waals surface area contributed by atoms with Crippen molar-refractivity contribution in [3.8, 4) is 11.8 Å². The molecular weight excluding hydrogens is 371 g/mol. The zero-order valence-corrected chi connectivity index (χ0v) is 16.0. The van der Waals surface area contributed by atoms with Crippen LogP contribution in [0.5, 0.6) is 5.75 Å². The molecule has 0 aliphatic rings. The normalized spacial score (nSPS) is 11.6. The van der Waals surface area contributed by atoms with Crippen molar-refractivity contribution in [1.29, 1.82) is 5.26 Å². The molecule has 1 amide bonds. The number of benzene rings is 2. The van der Waals surface area contributed by atoms with Gasteiger partial charge in [-0.2, -0.15) is 5.26 Å². The van der Waals surface area contributed by atoms with E-state index in [1.807, 2.05) is 17.7 Å². The quantitative estimate of drug-likeness (QED) is 0.646. The molecule has 1 unspecified atom stereocenters. The minimum absolute atomic E-state index is 0.0387. The Morgan fingerprint density at radius 3 is 2.83 bits per heavy atom. The maximum Gasteiger partial charge on any atom is 0.220 e. The van der Waals surface area contributed by atoms with E-state index in [-0.39, 0.29) is 23.6 Å². The number of carbonyl (C=O) groups excluding carboxylic acids is 1. The van der Waals surface area contributed by atoms with Gasteiger partial charge < -0.3 is 15.0 Å². The van der Waals surface area contributed by atoms with E-state index in [4.69, 9.17) is 5.26 Å². The molecule has 3 rings (SSSR count). The number of nitrogens with one attached hydrogen (secondary N) is 1.